The maximum atomic E-state index is 11.5. The molecule has 0 saturated heterocycles. The highest BCUT2D eigenvalue weighted by Crippen LogP contribution is 2.21. The van der Waals surface area contributed by atoms with E-state index in [0.29, 0.717) is 24.3 Å². The summed E-state index contributed by atoms with van der Waals surface area (Å²) in [7, 11) is 0. The Balaban J connectivity index is 3.48. The van der Waals surface area contributed by atoms with Crippen LogP contribution in [0.15, 0.2) is 12.1 Å². The van der Waals surface area contributed by atoms with Gasteiger partial charge in [-0.25, -0.2) is 0 Å². The van der Waals surface area contributed by atoms with Crippen LogP contribution in [0.25, 0.3) is 0 Å². The van der Waals surface area contributed by atoms with Crippen molar-refractivity contribution < 1.29 is 9.59 Å². The zero-order valence-electron chi connectivity index (χ0n) is 9.85. The second-order valence-electron chi connectivity index (χ2n) is 3.80. The highest BCUT2D eigenvalue weighted by molar-refractivity contribution is 7.80. The molecule has 0 aromatic heterocycles. The second-order valence-corrected chi connectivity index (χ2v) is 4.70. The van der Waals surface area contributed by atoms with E-state index in [0.717, 1.165) is 11.1 Å². The van der Waals surface area contributed by atoms with Crippen LogP contribution in [0.5, 0.6) is 0 Å². The molecular formula is C12H16N2O2S2. The van der Waals surface area contributed by atoms with Gasteiger partial charge in [-0.3, -0.25) is 9.59 Å². The molecule has 4 nitrogen and oxygen atoms in total. The van der Waals surface area contributed by atoms with Gasteiger partial charge in [0.05, 0.1) is 11.1 Å². The lowest BCUT2D eigenvalue weighted by Crippen LogP contribution is -2.23. The fourth-order valence-corrected chi connectivity index (χ4v) is 2.39. The van der Waals surface area contributed by atoms with Gasteiger partial charge in [0, 0.05) is 0 Å². The largest absolute Gasteiger partial charge is 0.366 e. The molecule has 1 rings (SSSR count). The third kappa shape index (κ3) is 3.20. The molecule has 1 aromatic rings. The van der Waals surface area contributed by atoms with E-state index in [1.807, 2.05) is 0 Å². The zero-order valence-corrected chi connectivity index (χ0v) is 11.6. The summed E-state index contributed by atoms with van der Waals surface area (Å²) in [5.74, 6) is -0.0845. The standard InChI is InChI=1S/C12H16N2O2S2/c13-11(15)9-2-1-7(3-5-17)8(4-6-18)10(9)12(14)16/h1-2,17-18H,3-6H2,(H2,13,15)(H2,14,16). The first-order chi connectivity index (χ1) is 8.52. The lowest BCUT2D eigenvalue weighted by Gasteiger charge is -2.14. The molecule has 0 aliphatic heterocycles. The van der Waals surface area contributed by atoms with E-state index in [2.05, 4.69) is 25.3 Å². The first kappa shape index (κ1) is 14.9. The minimum Gasteiger partial charge on any atom is -0.366 e. The number of hydrogen-bond acceptors (Lipinski definition) is 4. The van der Waals surface area contributed by atoms with Crippen LogP contribution in [0.1, 0.15) is 31.8 Å². The Kier molecular flexibility index (Phi) is 5.55. The molecule has 18 heavy (non-hydrogen) atoms. The maximum absolute atomic E-state index is 11.5. The van der Waals surface area contributed by atoms with Crippen LogP contribution in [-0.2, 0) is 12.8 Å². The predicted octanol–water partition coefficient (Wildman–Crippen LogP) is 0.829. The van der Waals surface area contributed by atoms with Crippen LogP contribution in [0.2, 0.25) is 0 Å². The second kappa shape index (κ2) is 6.70. The lowest BCUT2D eigenvalue weighted by atomic mass is 9.92. The molecule has 6 heteroatoms. The normalized spacial score (nSPS) is 10.3. The Hall–Kier alpha value is -1.14. The van der Waals surface area contributed by atoms with Gasteiger partial charge in [0.15, 0.2) is 0 Å². The van der Waals surface area contributed by atoms with Crippen molar-refractivity contribution in [3.05, 3.63) is 34.4 Å². The van der Waals surface area contributed by atoms with Crippen molar-refractivity contribution >= 4 is 37.1 Å². The molecule has 0 radical (unpaired) electrons. The van der Waals surface area contributed by atoms with Crippen LogP contribution in [0.4, 0.5) is 0 Å². The maximum Gasteiger partial charge on any atom is 0.249 e. The van der Waals surface area contributed by atoms with Crippen molar-refractivity contribution in [2.24, 2.45) is 11.5 Å². The number of carbonyl (C=O) groups excluding carboxylic acids is 2. The van der Waals surface area contributed by atoms with Crippen LogP contribution in [-0.4, -0.2) is 23.3 Å². The molecule has 0 saturated carbocycles. The Morgan fingerprint density at radius 2 is 1.61 bits per heavy atom. The average Bonchev–Trinajstić information content (AvgIpc) is 2.30. The Morgan fingerprint density at radius 1 is 1.00 bits per heavy atom. The van der Waals surface area contributed by atoms with Gasteiger partial charge in [-0.2, -0.15) is 25.3 Å². The van der Waals surface area contributed by atoms with Crippen molar-refractivity contribution in [2.45, 2.75) is 12.8 Å². The number of carbonyl (C=O) groups is 2. The molecule has 2 amide bonds. The molecule has 98 valence electrons. The SMILES string of the molecule is NC(=O)c1ccc(CCS)c(CCS)c1C(N)=O. The molecular weight excluding hydrogens is 268 g/mol. The van der Waals surface area contributed by atoms with Gasteiger partial charge in [-0.1, -0.05) is 6.07 Å². The van der Waals surface area contributed by atoms with Crippen molar-refractivity contribution in [3.8, 4) is 0 Å². The summed E-state index contributed by atoms with van der Waals surface area (Å²) < 4.78 is 0. The summed E-state index contributed by atoms with van der Waals surface area (Å²) in [4.78, 5) is 22.9. The van der Waals surface area contributed by atoms with Gasteiger partial charge < -0.3 is 11.5 Å². The highest BCUT2D eigenvalue weighted by Gasteiger charge is 2.19. The summed E-state index contributed by atoms with van der Waals surface area (Å²) >= 11 is 8.33. The monoisotopic (exact) mass is 284 g/mol. The van der Waals surface area contributed by atoms with Gasteiger partial charge in [0.2, 0.25) is 11.8 Å². The van der Waals surface area contributed by atoms with Crippen molar-refractivity contribution in [3.63, 3.8) is 0 Å². The minimum atomic E-state index is -0.651. The summed E-state index contributed by atoms with van der Waals surface area (Å²) in [6.07, 6.45) is 1.26. The molecule has 1 aromatic carbocycles. The van der Waals surface area contributed by atoms with E-state index >= 15 is 0 Å². The fourth-order valence-electron chi connectivity index (χ4n) is 1.93. The minimum absolute atomic E-state index is 0.169. The van der Waals surface area contributed by atoms with E-state index < -0.39 is 11.8 Å². The number of aryl methyl sites for hydroxylation is 1. The van der Waals surface area contributed by atoms with Crippen molar-refractivity contribution in [2.75, 3.05) is 11.5 Å². The zero-order chi connectivity index (χ0) is 13.7. The first-order valence-electron chi connectivity index (χ1n) is 5.49. The smallest absolute Gasteiger partial charge is 0.249 e. The summed E-state index contributed by atoms with van der Waals surface area (Å²) in [6.45, 7) is 0. The Labute approximate surface area is 117 Å². The molecule has 0 atom stereocenters. The molecule has 0 heterocycles. The fraction of sp³-hybridized carbons (Fsp3) is 0.333. The summed E-state index contributed by atoms with van der Waals surface area (Å²) in [6, 6.07) is 3.34. The molecule has 0 bridgehead atoms. The Bertz CT molecular complexity index is 475. The number of thiol groups is 2. The number of hydrogen-bond donors (Lipinski definition) is 4. The van der Waals surface area contributed by atoms with Crippen molar-refractivity contribution in [1.82, 2.24) is 0 Å². The van der Waals surface area contributed by atoms with Gasteiger partial charge in [0.1, 0.15) is 0 Å². The number of primary amides is 2. The predicted molar refractivity (Wildman–Crippen MR) is 78.6 cm³/mol. The Morgan fingerprint density at radius 3 is 2.06 bits per heavy atom. The highest BCUT2D eigenvalue weighted by atomic mass is 32.1. The van der Waals surface area contributed by atoms with Crippen LogP contribution in [0, 0.1) is 0 Å². The molecule has 0 spiro atoms. The van der Waals surface area contributed by atoms with Crippen LogP contribution in [0.3, 0.4) is 0 Å². The molecule has 0 aliphatic carbocycles. The lowest BCUT2D eigenvalue weighted by molar-refractivity contribution is 0.0966. The van der Waals surface area contributed by atoms with Gasteiger partial charge in [-0.15, -0.1) is 0 Å². The molecule has 4 N–H and O–H groups in total. The first-order valence-corrected chi connectivity index (χ1v) is 6.75. The summed E-state index contributed by atoms with van der Waals surface area (Å²) in [5, 5.41) is 0. The van der Waals surface area contributed by atoms with Gasteiger partial charge >= 0.3 is 0 Å². The van der Waals surface area contributed by atoms with E-state index in [-0.39, 0.29) is 11.1 Å². The number of rotatable bonds is 6. The van der Waals surface area contributed by atoms with E-state index in [1.54, 1.807) is 12.1 Å². The quantitative estimate of drug-likeness (QED) is 0.583. The number of amides is 2. The van der Waals surface area contributed by atoms with E-state index in [1.165, 1.54) is 0 Å². The number of nitrogens with two attached hydrogens (primary N) is 2. The van der Waals surface area contributed by atoms with E-state index in [4.69, 9.17) is 11.5 Å². The molecule has 0 fully saturated rings. The average molecular weight is 284 g/mol. The van der Waals surface area contributed by atoms with Gasteiger partial charge in [0.25, 0.3) is 0 Å². The topological polar surface area (TPSA) is 86.2 Å². The molecule has 0 unspecified atom stereocenters. The van der Waals surface area contributed by atoms with E-state index in [9.17, 15) is 9.59 Å². The number of benzene rings is 1. The summed E-state index contributed by atoms with van der Waals surface area (Å²) in [5.41, 5.74) is 12.7. The van der Waals surface area contributed by atoms with Crippen LogP contribution >= 0.6 is 25.3 Å². The van der Waals surface area contributed by atoms with Crippen molar-refractivity contribution in [1.29, 1.82) is 0 Å². The van der Waals surface area contributed by atoms with Gasteiger partial charge in [-0.05, 0) is 41.5 Å². The molecule has 0 aliphatic rings. The third-order valence-corrected chi connectivity index (χ3v) is 3.11. The third-order valence-electron chi connectivity index (χ3n) is 2.66. The van der Waals surface area contributed by atoms with Crippen LogP contribution < -0.4 is 11.5 Å².